The van der Waals surface area contributed by atoms with Crippen LogP contribution in [-0.2, 0) is 14.4 Å². The van der Waals surface area contributed by atoms with Crippen LogP contribution in [-0.4, -0.2) is 34.3 Å². The number of furan rings is 1. The molecule has 2 heterocycles. The van der Waals surface area contributed by atoms with Gasteiger partial charge in [0.15, 0.2) is 0 Å². The zero-order valence-corrected chi connectivity index (χ0v) is 8.96. The van der Waals surface area contributed by atoms with Crippen LogP contribution in [0.1, 0.15) is 24.5 Å². The van der Waals surface area contributed by atoms with Gasteiger partial charge in [-0.25, -0.2) is 0 Å². The SMILES string of the molecule is O=C(O)CCN1C(=O)CC(c2ccco2)C1=O. The Labute approximate surface area is 96.8 Å². The fourth-order valence-electron chi connectivity index (χ4n) is 1.84. The summed E-state index contributed by atoms with van der Waals surface area (Å²) in [5.41, 5.74) is 0. The normalized spacial score (nSPS) is 20.0. The van der Waals surface area contributed by atoms with E-state index < -0.39 is 11.9 Å². The molecular weight excluding hydrogens is 226 g/mol. The van der Waals surface area contributed by atoms with Crippen LogP contribution in [0.5, 0.6) is 0 Å². The topological polar surface area (TPSA) is 87.8 Å². The third kappa shape index (κ3) is 2.20. The van der Waals surface area contributed by atoms with Crippen LogP contribution < -0.4 is 0 Å². The predicted molar refractivity (Wildman–Crippen MR) is 55.0 cm³/mol. The molecule has 1 fully saturated rings. The Bertz CT molecular complexity index is 450. The molecular formula is C11H11NO5. The maximum atomic E-state index is 11.9. The van der Waals surface area contributed by atoms with E-state index in [1.165, 1.54) is 6.26 Å². The Kier molecular flexibility index (Phi) is 2.95. The van der Waals surface area contributed by atoms with Gasteiger partial charge in [-0.05, 0) is 12.1 Å². The van der Waals surface area contributed by atoms with Crippen molar-refractivity contribution < 1.29 is 23.9 Å². The van der Waals surface area contributed by atoms with E-state index in [0.29, 0.717) is 5.76 Å². The molecule has 90 valence electrons. The Morgan fingerprint density at radius 2 is 2.29 bits per heavy atom. The van der Waals surface area contributed by atoms with Gasteiger partial charge in [-0.3, -0.25) is 19.3 Å². The summed E-state index contributed by atoms with van der Waals surface area (Å²) < 4.78 is 5.09. The highest BCUT2D eigenvalue weighted by Gasteiger charge is 2.40. The lowest BCUT2D eigenvalue weighted by Crippen LogP contribution is -2.32. The number of rotatable bonds is 4. The van der Waals surface area contributed by atoms with E-state index in [1.54, 1.807) is 12.1 Å². The molecule has 0 aliphatic carbocycles. The van der Waals surface area contributed by atoms with Crippen molar-refractivity contribution in [1.29, 1.82) is 0 Å². The molecule has 1 aromatic heterocycles. The number of likely N-dealkylation sites (tertiary alicyclic amines) is 1. The first-order chi connectivity index (χ1) is 8.09. The molecule has 0 saturated carbocycles. The zero-order valence-electron chi connectivity index (χ0n) is 8.96. The van der Waals surface area contributed by atoms with Gasteiger partial charge in [0, 0.05) is 13.0 Å². The highest BCUT2D eigenvalue weighted by atomic mass is 16.4. The second-order valence-electron chi connectivity index (χ2n) is 3.80. The highest BCUT2D eigenvalue weighted by molar-refractivity contribution is 6.06. The molecule has 6 nitrogen and oxygen atoms in total. The second kappa shape index (κ2) is 4.40. The Morgan fingerprint density at radius 3 is 2.88 bits per heavy atom. The molecule has 1 unspecified atom stereocenters. The third-order valence-corrected chi connectivity index (χ3v) is 2.68. The maximum Gasteiger partial charge on any atom is 0.305 e. The van der Waals surface area contributed by atoms with E-state index in [1.807, 2.05) is 0 Å². The first kappa shape index (κ1) is 11.4. The molecule has 6 heteroatoms. The van der Waals surface area contributed by atoms with Gasteiger partial charge in [0.2, 0.25) is 11.8 Å². The fourth-order valence-corrected chi connectivity index (χ4v) is 1.84. The number of hydrogen-bond donors (Lipinski definition) is 1. The van der Waals surface area contributed by atoms with E-state index in [2.05, 4.69) is 0 Å². The first-order valence-corrected chi connectivity index (χ1v) is 5.19. The van der Waals surface area contributed by atoms with Crippen molar-refractivity contribution in [2.24, 2.45) is 0 Å². The Balaban J connectivity index is 2.09. The summed E-state index contributed by atoms with van der Waals surface area (Å²) in [5, 5.41) is 8.53. The van der Waals surface area contributed by atoms with E-state index in [9.17, 15) is 14.4 Å². The van der Waals surface area contributed by atoms with E-state index >= 15 is 0 Å². The number of imide groups is 1. The zero-order chi connectivity index (χ0) is 12.4. The Hall–Kier alpha value is -2.11. The van der Waals surface area contributed by atoms with Crippen molar-refractivity contribution in [3.63, 3.8) is 0 Å². The number of hydrogen-bond acceptors (Lipinski definition) is 4. The second-order valence-corrected chi connectivity index (χ2v) is 3.80. The third-order valence-electron chi connectivity index (χ3n) is 2.68. The number of amides is 2. The monoisotopic (exact) mass is 237 g/mol. The number of carbonyl (C=O) groups is 3. The van der Waals surface area contributed by atoms with Gasteiger partial charge in [0.05, 0.1) is 12.7 Å². The van der Waals surface area contributed by atoms with Crippen molar-refractivity contribution in [3.8, 4) is 0 Å². The molecule has 1 saturated heterocycles. The average Bonchev–Trinajstić information content (AvgIpc) is 2.85. The molecule has 1 aliphatic heterocycles. The van der Waals surface area contributed by atoms with Gasteiger partial charge < -0.3 is 9.52 Å². The maximum absolute atomic E-state index is 11.9. The van der Waals surface area contributed by atoms with E-state index in [4.69, 9.17) is 9.52 Å². The van der Waals surface area contributed by atoms with E-state index in [0.717, 1.165) is 4.90 Å². The van der Waals surface area contributed by atoms with Crippen molar-refractivity contribution in [2.75, 3.05) is 6.54 Å². The molecule has 1 aromatic rings. The van der Waals surface area contributed by atoms with Crippen molar-refractivity contribution >= 4 is 17.8 Å². The van der Waals surface area contributed by atoms with Gasteiger partial charge in [-0.2, -0.15) is 0 Å². The first-order valence-electron chi connectivity index (χ1n) is 5.19. The van der Waals surface area contributed by atoms with Gasteiger partial charge in [-0.15, -0.1) is 0 Å². The minimum Gasteiger partial charge on any atom is -0.481 e. The largest absolute Gasteiger partial charge is 0.481 e. The summed E-state index contributed by atoms with van der Waals surface area (Å²) in [7, 11) is 0. The van der Waals surface area contributed by atoms with Crippen LogP contribution in [0.25, 0.3) is 0 Å². The fraction of sp³-hybridized carbons (Fsp3) is 0.364. The van der Waals surface area contributed by atoms with Gasteiger partial charge in [0.25, 0.3) is 0 Å². The average molecular weight is 237 g/mol. The molecule has 2 amide bonds. The quantitative estimate of drug-likeness (QED) is 0.774. The van der Waals surface area contributed by atoms with Gasteiger partial charge >= 0.3 is 5.97 Å². The van der Waals surface area contributed by atoms with Crippen molar-refractivity contribution in [3.05, 3.63) is 24.2 Å². The van der Waals surface area contributed by atoms with Crippen LogP contribution in [0.2, 0.25) is 0 Å². The number of carboxylic acid groups (broad SMARTS) is 1. The smallest absolute Gasteiger partial charge is 0.305 e. The lowest BCUT2D eigenvalue weighted by Gasteiger charge is -2.12. The summed E-state index contributed by atoms with van der Waals surface area (Å²) in [5.74, 6) is -1.93. The van der Waals surface area contributed by atoms with Gasteiger partial charge in [-0.1, -0.05) is 0 Å². The van der Waals surface area contributed by atoms with Gasteiger partial charge in [0.1, 0.15) is 11.7 Å². The highest BCUT2D eigenvalue weighted by Crippen LogP contribution is 2.29. The van der Waals surface area contributed by atoms with Crippen molar-refractivity contribution in [1.82, 2.24) is 4.90 Å². The van der Waals surface area contributed by atoms with Crippen LogP contribution in [0.3, 0.4) is 0 Å². The molecule has 1 aliphatic rings. The molecule has 0 radical (unpaired) electrons. The minimum absolute atomic E-state index is 0.0476. The Morgan fingerprint density at radius 1 is 1.53 bits per heavy atom. The molecule has 2 rings (SSSR count). The molecule has 1 atom stereocenters. The van der Waals surface area contributed by atoms with Crippen molar-refractivity contribution in [2.45, 2.75) is 18.8 Å². The molecule has 0 spiro atoms. The summed E-state index contributed by atoms with van der Waals surface area (Å²) >= 11 is 0. The number of carbonyl (C=O) groups excluding carboxylic acids is 2. The molecule has 0 aromatic carbocycles. The number of nitrogens with zero attached hydrogens (tertiary/aromatic N) is 1. The molecule has 0 bridgehead atoms. The van der Waals surface area contributed by atoms with Crippen LogP contribution >= 0.6 is 0 Å². The molecule has 17 heavy (non-hydrogen) atoms. The number of aliphatic carboxylic acids is 1. The molecule has 1 N–H and O–H groups in total. The minimum atomic E-state index is -1.04. The van der Waals surface area contributed by atoms with E-state index in [-0.39, 0.29) is 31.2 Å². The summed E-state index contributed by atoms with van der Waals surface area (Å²) in [4.78, 5) is 34.9. The summed E-state index contributed by atoms with van der Waals surface area (Å²) in [6.45, 7) is -0.0792. The lowest BCUT2D eigenvalue weighted by atomic mass is 10.1. The van der Waals surface area contributed by atoms with Crippen LogP contribution in [0, 0.1) is 0 Å². The standard InChI is InChI=1S/C11H11NO5/c13-9-6-7(8-2-1-5-17-8)11(16)12(9)4-3-10(14)15/h1-2,5,7H,3-4,6H2,(H,14,15). The van der Waals surface area contributed by atoms with Crippen LogP contribution in [0.4, 0.5) is 0 Å². The van der Waals surface area contributed by atoms with Crippen LogP contribution in [0.15, 0.2) is 22.8 Å². The predicted octanol–water partition coefficient (Wildman–Crippen LogP) is 0.597. The number of carboxylic acids is 1. The lowest BCUT2D eigenvalue weighted by molar-refractivity contribution is -0.141. The summed E-state index contributed by atoms with van der Waals surface area (Å²) in [6.07, 6.45) is 1.25. The summed E-state index contributed by atoms with van der Waals surface area (Å²) in [6, 6.07) is 3.28.